The van der Waals surface area contributed by atoms with Crippen molar-refractivity contribution in [1.29, 1.82) is 0 Å². The van der Waals surface area contributed by atoms with Gasteiger partial charge in [-0.2, -0.15) is 26.3 Å². The number of alkyl halides is 6. The zero-order valence-corrected chi connectivity index (χ0v) is 16.3. The van der Waals surface area contributed by atoms with Crippen molar-refractivity contribution in [2.24, 2.45) is 0 Å². The lowest BCUT2D eigenvalue weighted by Crippen LogP contribution is -2.27. The van der Waals surface area contributed by atoms with Crippen molar-refractivity contribution in [2.75, 3.05) is 7.05 Å². The van der Waals surface area contributed by atoms with Crippen LogP contribution in [0.2, 0.25) is 0 Å². The number of halogens is 6. The second-order valence-corrected chi connectivity index (χ2v) is 7.40. The van der Waals surface area contributed by atoms with Crippen molar-refractivity contribution in [3.8, 4) is 0 Å². The molecule has 1 fully saturated rings. The Hall–Kier alpha value is -3.04. The number of nitrogens with zero attached hydrogens (tertiary/aromatic N) is 1. The first kappa shape index (κ1) is 22.6. The van der Waals surface area contributed by atoms with E-state index < -0.39 is 35.0 Å². The molecule has 1 N–H and O–H groups in total. The van der Waals surface area contributed by atoms with E-state index in [-0.39, 0.29) is 24.6 Å². The number of hydrogen-bond donors (Lipinski definition) is 1. The molecular weight excluding hydrogens is 426 g/mol. The number of rotatable bonds is 5. The summed E-state index contributed by atoms with van der Waals surface area (Å²) >= 11 is 0. The SMILES string of the molecule is CN(Cc1ccc(C(=O)NC2CC2)cc1)C(=O)c1cc(C(F)(F)F)cc(C(F)(F)F)c1. The van der Waals surface area contributed by atoms with Crippen LogP contribution in [-0.2, 0) is 18.9 Å². The largest absolute Gasteiger partial charge is 0.416 e. The van der Waals surface area contributed by atoms with Crippen LogP contribution in [0, 0.1) is 0 Å². The molecule has 0 atom stereocenters. The van der Waals surface area contributed by atoms with Crippen LogP contribution in [0.15, 0.2) is 42.5 Å². The minimum Gasteiger partial charge on any atom is -0.349 e. The molecule has 0 unspecified atom stereocenters. The Bertz CT molecular complexity index is 947. The molecule has 1 aliphatic rings. The predicted octanol–water partition coefficient (Wildman–Crippen LogP) is 4.89. The van der Waals surface area contributed by atoms with E-state index in [4.69, 9.17) is 0 Å². The Kier molecular flexibility index (Phi) is 6.02. The molecule has 0 bridgehead atoms. The molecule has 10 heteroatoms. The van der Waals surface area contributed by atoms with Crippen LogP contribution in [0.5, 0.6) is 0 Å². The lowest BCUT2D eigenvalue weighted by atomic mass is 10.0. The predicted molar refractivity (Wildman–Crippen MR) is 99.2 cm³/mol. The second-order valence-electron chi connectivity index (χ2n) is 7.40. The van der Waals surface area contributed by atoms with Crippen LogP contribution in [0.4, 0.5) is 26.3 Å². The third-order valence-corrected chi connectivity index (χ3v) is 4.73. The van der Waals surface area contributed by atoms with E-state index in [1.165, 1.54) is 19.2 Å². The Balaban J connectivity index is 1.76. The third kappa shape index (κ3) is 5.77. The Morgan fingerprint density at radius 1 is 0.903 bits per heavy atom. The summed E-state index contributed by atoms with van der Waals surface area (Å²) in [5, 5.41) is 2.82. The van der Waals surface area contributed by atoms with Crippen LogP contribution >= 0.6 is 0 Å². The van der Waals surface area contributed by atoms with E-state index in [1.807, 2.05) is 0 Å². The van der Waals surface area contributed by atoms with Crippen molar-refractivity contribution >= 4 is 11.8 Å². The van der Waals surface area contributed by atoms with Crippen LogP contribution < -0.4 is 5.32 Å². The minimum absolute atomic E-state index is 0.0256. The first-order chi connectivity index (χ1) is 14.3. The lowest BCUT2D eigenvalue weighted by Gasteiger charge is -2.20. The minimum atomic E-state index is -5.04. The van der Waals surface area contributed by atoms with E-state index >= 15 is 0 Å². The van der Waals surface area contributed by atoms with Gasteiger partial charge in [-0.3, -0.25) is 9.59 Å². The van der Waals surface area contributed by atoms with Crippen molar-refractivity contribution in [1.82, 2.24) is 10.2 Å². The average molecular weight is 444 g/mol. The maximum absolute atomic E-state index is 13.0. The fourth-order valence-corrected chi connectivity index (χ4v) is 2.90. The number of amides is 2. The lowest BCUT2D eigenvalue weighted by molar-refractivity contribution is -0.143. The van der Waals surface area contributed by atoms with Crippen molar-refractivity contribution in [2.45, 2.75) is 37.8 Å². The molecule has 0 heterocycles. The Morgan fingerprint density at radius 2 is 1.42 bits per heavy atom. The van der Waals surface area contributed by atoms with Gasteiger partial charge in [-0.1, -0.05) is 12.1 Å². The number of carbonyl (C=O) groups is 2. The highest BCUT2D eigenvalue weighted by molar-refractivity contribution is 5.95. The molecule has 0 radical (unpaired) electrons. The maximum Gasteiger partial charge on any atom is 0.416 e. The molecule has 0 spiro atoms. The standard InChI is InChI=1S/C21H18F6N2O2/c1-29(11-12-2-4-13(5-3-12)18(30)28-17-6-7-17)19(31)14-8-15(20(22,23)24)10-16(9-14)21(25,26)27/h2-5,8-10,17H,6-7,11H2,1H3,(H,28,30). The van der Waals surface area contributed by atoms with Gasteiger partial charge in [0.05, 0.1) is 11.1 Å². The van der Waals surface area contributed by atoms with Gasteiger partial charge in [0.25, 0.3) is 11.8 Å². The van der Waals surface area contributed by atoms with E-state index in [0.29, 0.717) is 23.3 Å². The summed E-state index contributed by atoms with van der Waals surface area (Å²) in [6.45, 7) is -0.0685. The zero-order chi connectivity index (χ0) is 23.0. The number of benzene rings is 2. The first-order valence-corrected chi connectivity index (χ1v) is 9.29. The first-order valence-electron chi connectivity index (χ1n) is 9.29. The van der Waals surface area contributed by atoms with E-state index in [2.05, 4.69) is 5.32 Å². The highest BCUT2D eigenvalue weighted by Crippen LogP contribution is 2.36. The summed E-state index contributed by atoms with van der Waals surface area (Å²) in [7, 11) is 1.27. The van der Waals surface area contributed by atoms with Crippen LogP contribution in [-0.4, -0.2) is 29.8 Å². The van der Waals surface area contributed by atoms with E-state index in [0.717, 1.165) is 17.7 Å². The summed E-state index contributed by atoms with van der Waals surface area (Å²) in [6.07, 6.45) is -8.21. The Morgan fingerprint density at radius 3 is 1.87 bits per heavy atom. The molecular formula is C21H18F6N2O2. The van der Waals surface area contributed by atoms with E-state index in [9.17, 15) is 35.9 Å². The van der Waals surface area contributed by atoms with Gasteiger partial charge >= 0.3 is 12.4 Å². The fourth-order valence-electron chi connectivity index (χ4n) is 2.90. The molecule has 3 rings (SSSR count). The van der Waals surface area contributed by atoms with Gasteiger partial charge in [0, 0.05) is 30.8 Å². The van der Waals surface area contributed by atoms with Gasteiger partial charge in [-0.25, -0.2) is 0 Å². The fraction of sp³-hybridized carbons (Fsp3) is 0.333. The topological polar surface area (TPSA) is 49.4 Å². The summed E-state index contributed by atoms with van der Waals surface area (Å²) in [6, 6.07) is 7.18. The summed E-state index contributed by atoms with van der Waals surface area (Å²) in [4.78, 5) is 25.5. The molecule has 2 aromatic carbocycles. The molecule has 0 aliphatic heterocycles. The number of nitrogens with one attached hydrogen (secondary N) is 1. The van der Waals surface area contributed by atoms with Crippen molar-refractivity contribution in [3.05, 3.63) is 70.3 Å². The van der Waals surface area contributed by atoms with Crippen molar-refractivity contribution < 1.29 is 35.9 Å². The number of hydrogen-bond acceptors (Lipinski definition) is 2. The third-order valence-electron chi connectivity index (χ3n) is 4.73. The molecule has 31 heavy (non-hydrogen) atoms. The van der Waals surface area contributed by atoms with Gasteiger partial charge in [0.1, 0.15) is 0 Å². The smallest absolute Gasteiger partial charge is 0.349 e. The molecule has 166 valence electrons. The second kappa shape index (κ2) is 8.24. The molecule has 1 saturated carbocycles. The van der Waals surface area contributed by atoms with Gasteiger partial charge < -0.3 is 10.2 Å². The van der Waals surface area contributed by atoms with Crippen LogP contribution in [0.1, 0.15) is 50.2 Å². The molecule has 2 amide bonds. The van der Waals surface area contributed by atoms with Gasteiger partial charge in [-0.15, -0.1) is 0 Å². The molecule has 0 aromatic heterocycles. The normalized spacial score (nSPS) is 14.3. The molecule has 0 saturated heterocycles. The summed E-state index contributed by atoms with van der Waals surface area (Å²) in [5.74, 6) is -1.23. The number of carbonyl (C=O) groups excluding carboxylic acids is 2. The highest BCUT2D eigenvalue weighted by atomic mass is 19.4. The highest BCUT2D eigenvalue weighted by Gasteiger charge is 2.37. The summed E-state index contributed by atoms with van der Waals surface area (Å²) < 4.78 is 78.1. The summed E-state index contributed by atoms with van der Waals surface area (Å²) in [5.41, 5.74) is -2.85. The zero-order valence-electron chi connectivity index (χ0n) is 16.3. The van der Waals surface area contributed by atoms with Gasteiger partial charge in [-0.05, 0) is 48.7 Å². The van der Waals surface area contributed by atoms with Crippen LogP contribution in [0.3, 0.4) is 0 Å². The van der Waals surface area contributed by atoms with Gasteiger partial charge in [0.15, 0.2) is 0 Å². The van der Waals surface area contributed by atoms with Crippen molar-refractivity contribution in [3.63, 3.8) is 0 Å². The molecule has 1 aliphatic carbocycles. The Labute approximate surface area is 173 Å². The van der Waals surface area contributed by atoms with E-state index in [1.54, 1.807) is 12.1 Å². The monoisotopic (exact) mass is 444 g/mol. The quantitative estimate of drug-likeness (QED) is 0.668. The van der Waals surface area contributed by atoms with Crippen LogP contribution in [0.25, 0.3) is 0 Å². The van der Waals surface area contributed by atoms with Gasteiger partial charge in [0.2, 0.25) is 0 Å². The maximum atomic E-state index is 13.0. The average Bonchev–Trinajstić information content (AvgIpc) is 3.50. The molecule has 4 nitrogen and oxygen atoms in total. The molecule has 2 aromatic rings.